The molecule has 0 heterocycles. The summed E-state index contributed by atoms with van der Waals surface area (Å²) < 4.78 is 0.991. The van der Waals surface area contributed by atoms with Crippen LogP contribution in [0, 0.1) is 0 Å². The van der Waals surface area contributed by atoms with Crippen molar-refractivity contribution >= 4 is 27.8 Å². The van der Waals surface area contributed by atoms with Gasteiger partial charge in [0.05, 0.1) is 19.0 Å². The topological polar surface area (TPSA) is 78.4 Å². The molecule has 3 N–H and O–H groups in total. The molecule has 0 aliphatic heterocycles. The lowest BCUT2D eigenvalue weighted by Gasteiger charge is -2.14. The van der Waals surface area contributed by atoms with Crippen molar-refractivity contribution < 1.29 is 14.7 Å². The molecule has 0 radical (unpaired) electrons. The van der Waals surface area contributed by atoms with Gasteiger partial charge in [-0.1, -0.05) is 28.1 Å². The van der Waals surface area contributed by atoms with Crippen LogP contribution in [0.3, 0.4) is 0 Å². The van der Waals surface area contributed by atoms with Crippen LogP contribution in [-0.4, -0.2) is 30.1 Å². The molecule has 0 spiro atoms. The van der Waals surface area contributed by atoms with E-state index in [4.69, 9.17) is 5.11 Å². The number of carbonyl (C=O) groups excluding carboxylic acids is 1. The van der Waals surface area contributed by atoms with Crippen LogP contribution in [0.25, 0.3) is 0 Å². The van der Waals surface area contributed by atoms with Crippen molar-refractivity contribution in [3.8, 4) is 0 Å². The van der Waals surface area contributed by atoms with Gasteiger partial charge in [-0.05, 0) is 24.6 Å². The normalized spacial score (nSPS) is 11.9. The molecular formula is C13H17BrN2O3. The van der Waals surface area contributed by atoms with E-state index in [1.807, 2.05) is 31.2 Å². The second kappa shape index (κ2) is 7.91. The average molecular weight is 329 g/mol. The van der Waals surface area contributed by atoms with Crippen molar-refractivity contribution in [2.24, 2.45) is 0 Å². The van der Waals surface area contributed by atoms with Crippen LogP contribution in [0.2, 0.25) is 0 Å². The monoisotopic (exact) mass is 328 g/mol. The smallest absolute Gasteiger partial charge is 0.304 e. The predicted molar refractivity (Wildman–Crippen MR) is 75.8 cm³/mol. The van der Waals surface area contributed by atoms with Crippen molar-refractivity contribution in [3.63, 3.8) is 0 Å². The first-order valence-corrected chi connectivity index (χ1v) is 6.75. The molecule has 0 aromatic heterocycles. The summed E-state index contributed by atoms with van der Waals surface area (Å²) >= 11 is 3.35. The Morgan fingerprint density at radius 2 is 1.95 bits per heavy atom. The fourth-order valence-electron chi connectivity index (χ4n) is 1.52. The third-order valence-corrected chi connectivity index (χ3v) is 3.08. The molecule has 104 valence electrons. The minimum Gasteiger partial charge on any atom is -0.481 e. The first-order chi connectivity index (χ1) is 8.99. The lowest BCUT2D eigenvalue weighted by molar-refractivity contribution is -0.137. The molecule has 0 aliphatic carbocycles. The van der Waals surface area contributed by atoms with Crippen molar-refractivity contribution in [2.75, 3.05) is 13.1 Å². The summed E-state index contributed by atoms with van der Waals surface area (Å²) in [6, 6.07) is 7.63. The minimum absolute atomic E-state index is 0.00947. The number of carbonyl (C=O) groups is 2. The Morgan fingerprint density at radius 3 is 2.53 bits per heavy atom. The van der Waals surface area contributed by atoms with E-state index in [0.717, 1.165) is 10.0 Å². The highest BCUT2D eigenvalue weighted by Crippen LogP contribution is 2.16. The van der Waals surface area contributed by atoms with E-state index in [9.17, 15) is 9.59 Å². The summed E-state index contributed by atoms with van der Waals surface area (Å²) in [7, 11) is 0. The number of aliphatic carboxylic acids is 1. The molecule has 1 atom stereocenters. The number of benzene rings is 1. The third-order valence-electron chi connectivity index (χ3n) is 2.55. The lowest BCUT2D eigenvalue weighted by Crippen LogP contribution is -2.36. The van der Waals surface area contributed by atoms with Gasteiger partial charge in [0.2, 0.25) is 5.91 Å². The minimum atomic E-state index is -0.879. The molecule has 0 fully saturated rings. The van der Waals surface area contributed by atoms with Crippen molar-refractivity contribution in [2.45, 2.75) is 19.4 Å². The van der Waals surface area contributed by atoms with Gasteiger partial charge in [-0.15, -0.1) is 0 Å². The summed E-state index contributed by atoms with van der Waals surface area (Å²) in [6.45, 7) is 2.31. The molecule has 1 aromatic carbocycles. The Balaban J connectivity index is 2.31. The maximum Gasteiger partial charge on any atom is 0.304 e. The quantitative estimate of drug-likeness (QED) is 0.665. The van der Waals surface area contributed by atoms with Gasteiger partial charge in [-0.3, -0.25) is 9.59 Å². The zero-order valence-electron chi connectivity index (χ0n) is 10.6. The maximum atomic E-state index is 11.6. The lowest BCUT2D eigenvalue weighted by atomic mass is 10.1. The van der Waals surface area contributed by atoms with Gasteiger partial charge >= 0.3 is 5.97 Å². The molecule has 0 aliphatic rings. The highest BCUT2D eigenvalue weighted by Gasteiger charge is 2.09. The van der Waals surface area contributed by atoms with Crippen LogP contribution in [-0.2, 0) is 9.59 Å². The number of carboxylic acids is 1. The van der Waals surface area contributed by atoms with Crippen LogP contribution in [0.5, 0.6) is 0 Å². The van der Waals surface area contributed by atoms with E-state index in [2.05, 4.69) is 26.6 Å². The Labute approximate surface area is 120 Å². The average Bonchev–Trinajstić information content (AvgIpc) is 2.35. The second-order valence-electron chi connectivity index (χ2n) is 4.16. The predicted octanol–water partition coefficient (Wildman–Crippen LogP) is 1.69. The van der Waals surface area contributed by atoms with Gasteiger partial charge in [-0.2, -0.15) is 0 Å². The van der Waals surface area contributed by atoms with E-state index in [0.29, 0.717) is 0 Å². The first-order valence-electron chi connectivity index (χ1n) is 5.96. The molecule has 0 saturated heterocycles. The molecule has 1 aromatic rings. The molecule has 5 nitrogen and oxygen atoms in total. The molecular weight excluding hydrogens is 312 g/mol. The summed E-state index contributed by atoms with van der Waals surface area (Å²) in [5.41, 5.74) is 1.02. The zero-order valence-corrected chi connectivity index (χ0v) is 12.2. The fraction of sp³-hybridized carbons (Fsp3) is 0.385. The van der Waals surface area contributed by atoms with Gasteiger partial charge in [0.25, 0.3) is 0 Å². The fourth-order valence-corrected chi connectivity index (χ4v) is 1.79. The first kappa shape index (κ1) is 15.7. The Kier molecular flexibility index (Phi) is 6.52. The molecule has 1 amide bonds. The van der Waals surface area contributed by atoms with Crippen LogP contribution < -0.4 is 10.6 Å². The molecule has 0 bridgehead atoms. The number of hydrogen-bond donors (Lipinski definition) is 3. The van der Waals surface area contributed by atoms with Crippen molar-refractivity contribution in [1.82, 2.24) is 10.6 Å². The van der Waals surface area contributed by atoms with Crippen LogP contribution >= 0.6 is 15.9 Å². The van der Waals surface area contributed by atoms with Gasteiger partial charge < -0.3 is 15.7 Å². The Hall–Kier alpha value is -1.40. The van der Waals surface area contributed by atoms with E-state index in [1.54, 1.807) is 0 Å². The van der Waals surface area contributed by atoms with Gasteiger partial charge in [0.15, 0.2) is 0 Å². The molecule has 6 heteroatoms. The SMILES string of the molecule is CC(NC(=O)CNCCC(=O)O)c1ccc(Br)cc1. The standard InChI is InChI=1S/C13H17BrN2O3/c1-9(10-2-4-11(14)5-3-10)16-12(17)8-15-7-6-13(18)19/h2-5,9,15H,6-8H2,1H3,(H,16,17)(H,18,19). The largest absolute Gasteiger partial charge is 0.481 e. The van der Waals surface area contributed by atoms with E-state index >= 15 is 0 Å². The summed E-state index contributed by atoms with van der Waals surface area (Å²) in [4.78, 5) is 21.9. The Morgan fingerprint density at radius 1 is 1.32 bits per heavy atom. The second-order valence-corrected chi connectivity index (χ2v) is 5.08. The van der Waals surface area contributed by atoms with Crippen LogP contribution in [0.15, 0.2) is 28.7 Å². The van der Waals surface area contributed by atoms with Gasteiger partial charge in [0, 0.05) is 11.0 Å². The zero-order chi connectivity index (χ0) is 14.3. The van der Waals surface area contributed by atoms with E-state index in [1.165, 1.54) is 0 Å². The van der Waals surface area contributed by atoms with E-state index in [-0.39, 0.29) is 31.5 Å². The summed E-state index contributed by atoms with van der Waals surface area (Å²) in [5.74, 6) is -1.03. The van der Waals surface area contributed by atoms with Gasteiger partial charge in [-0.25, -0.2) is 0 Å². The highest BCUT2D eigenvalue weighted by molar-refractivity contribution is 9.10. The van der Waals surface area contributed by atoms with E-state index < -0.39 is 5.97 Å². The summed E-state index contributed by atoms with van der Waals surface area (Å²) in [5, 5.41) is 14.1. The van der Waals surface area contributed by atoms with Crippen LogP contribution in [0.4, 0.5) is 0 Å². The molecule has 0 saturated carbocycles. The molecule has 1 unspecified atom stereocenters. The molecule has 19 heavy (non-hydrogen) atoms. The summed E-state index contributed by atoms with van der Waals surface area (Å²) in [6.07, 6.45) is 0.00947. The number of nitrogens with one attached hydrogen (secondary N) is 2. The third kappa shape index (κ3) is 6.35. The Bertz CT molecular complexity index is 434. The van der Waals surface area contributed by atoms with Crippen molar-refractivity contribution in [1.29, 1.82) is 0 Å². The number of halogens is 1. The van der Waals surface area contributed by atoms with Gasteiger partial charge in [0.1, 0.15) is 0 Å². The molecule has 1 rings (SSSR count). The number of carboxylic acid groups (broad SMARTS) is 1. The van der Waals surface area contributed by atoms with Crippen LogP contribution in [0.1, 0.15) is 24.9 Å². The highest BCUT2D eigenvalue weighted by atomic mass is 79.9. The number of amides is 1. The van der Waals surface area contributed by atoms with Crippen molar-refractivity contribution in [3.05, 3.63) is 34.3 Å². The number of rotatable bonds is 7. The number of hydrogen-bond acceptors (Lipinski definition) is 3. The maximum absolute atomic E-state index is 11.6.